The molecule has 0 aromatic carbocycles. The van der Waals surface area contributed by atoms with Crippen LogP contribution in [0.25, 0.3) is 17.1 Å². The Morgan fingerprint density at radius 2 is 2.08 bits per heavy atom. The summed E-state index contributed by atoms with van der Waals surface area (Å²) in [5.74, 6) is 0. The average Bonchev–Trinajstić information content (AvgIpc) is 3.12. The number of H-pyrrole nitrogens is 1. The second-order valence-corrected chi connectivity index (χ2v) is 13.4. The standard InChI is InChI=1S/C18H27N3O2Si/c1-24(2,3)9-8-23-13-21-15(10-14-6-4-5-7-14)11-16-17(21)18(22)20-12-19-16/h10-12H,4-9,13H2,1-3H3,(H,19,20,22). The number of fused-ring (bicyclic) bond motifs is 1. The van der Waals surface area contributed by atoms with Crippen LogP contribution < -0.4 is 5.56 Å². The summed E-state index contributed by atoms with van der Waals surface area (Å²) >= 11 is 0. The topological polar surface area (TPSA) is 59.9 Å². The molecular weight excluding hydrogens is 318 g/mol. The lowest BCUT2D eigenvalue weighted by Gasteiger charge is -2.16. The molecule has 130 valence electrons. The summed E-state index contributed by atoms with van der Waals surface area (Å²) in [6.45, 7) is 8.16. The second kappa shape index (κ2) is 7.07. The van der Waals surface area contributed by atoms with E-state index in [0.717, 1.165) is 36.7 Å². The Labute approximate surface area is 143 Å². The van der Waals surface area contributed by atoms with Crippen molar-refractivity contribution in [1.82, 2.24) is 14.5 Å². The Bertz CT molecular complexity index is 791. The van der Waals surface area contributed by atoms with E-state index in [1.807, 2.05) is 10.6 Å². The molecule has 1 N–H and O–H groups in total. The summed E-state index contributed by atoms with van der Waals surface area (Å²) in [7, 11) is -1.11. The molecule has 0 bridgehead atoms. The van der Waals surface area contributed by atoms with Gasteiger partial charge in [0.05, 0.1) is 11.8 Å². The Kier molecular flexibility index (Phi) is 5.06. The number of nitrogens with zero attached hydrogens (tertiary/aromatic N) is 2. The zero-order valence-corrected chi connectivity index (χ0v) is 15.9. The predicted molar refractivity (Wildman–Crippen MR) is 101 cm³/mol. The zero-order valence-electron chi connectivity index (χ0n) is 14.9. The highest BCUT2D eigenvalue weighted by Crippen LogP contribution is 2.27. The van der Waals surface area contributed by atoms with Crippen LogP contribution in [0.2, 0.25) is 25.7 Å². The fourth-order valence-electron chi connectivity index (χ4n) is 3.10. The van der Waals surface area contributed by atoms with Crippen molar-refractivity contribution < 1.29 is 4.74 Å². The van der Waals surface area contributed by atoms with Crippen LogP contribution in [0.4, 0.5) is 0 Å². The Hall–Kier alpha value is -1.66. The Balaban J connectivity index is 1.88. The zero-order chi connectivity index (χ0) is 17.2. The smallest absolute Gasteiger partial charge is 0.275 e. The van der Waals surface area contributed by atoms with Gasteiger partial charge in [0.15, 0.2) is 0 Å². The largest absolute Gasteiger partial charge is 0.361 e. The van der Waals surface area contributed by atoms with Crippen LogP contribution in [0.5, 0.6) is 0 Å². The van der Waals surface area contributed by atoms with Gasteiger partial charge in [-0.1, -0.05) is 25.2 Å². The molecule has 3 rings (SSSR count). The molecule has 0 radical (unpaired) electrons. The summed E-state index contributed by atoms with van der Waals surface area (Å²) in [4.78, 5) is 19.2. The molecule has 2 aromatic rings. The first kappa shape index (κ1) is 17.2. The highest BCUT2D eigenvalue weighted by molar-refractivity contribution is 6.76. The van der Waals surface area contributed by atoms with E-state index in [4.69, 9.17) is 4.74 Å². The van der Waals surface area contributed by atoms with Gasteiger partial charge in [-0.25, -0.2) is 4.98 Å². The lowest BCUT2D eigenvalue weighted by molar-refractivity contribution is 0.0897. The number of nitrogens with one attached hydrogen (secondary N) is 1. The van der Waals surface area contributed by atoms with Gasteiger partial charge in [0.1, 0.15) is 12.2 Å². The van der Waals surface area contributed by atoms with Crippen LogP contribution in [0, 0.1) is 0 Å². The molecule has 1 fully saturated rings. The van der Waals surface area contributed by atoms with Crippen molar-refractivity contribution in [3.63, 3.8) is 0 Å². The van der Waals surface area contributed by atoms with Crippen molar-refractivity contribution in [2.45, 2.75) is 58.1 Å². The van der Waals surface area contributed by atoms with Gasteiger partial charge in [0, 0.05) is 20.4 Å². The molecule has 0 unspecified atom stereocenters. The minimum Gasteiger partial charge on any atom is -0.361 e. The Morgan fingerprint density at radius 3 is 2.79 bits per heavy atom. The first-order valence-corrected chi connectivity index (χ1v) is 12.5. The minimum atomic E-state index is -1.11. The monoisotopic (exact) mass is 345 g/mol. The van der Waals surface area contributed by atoms with Gasteiger partial charge in [-0.3, -0.25) is 4.79 Å². The molecule has 0 aliphatic heterocycles. The molecule has 2 heterocycles. The molecule has 24 heavy (non-hydrogen) atoms. The van der Waals surface area contributed by atoms with E-state index in [0.29, 0.717) is 12.2 Å². The Morgan fingerprint density at radius 1 is 1.33 bits per heavy atom. The van der Waals surface area contributed by atoms with Gasteiger partial charge in [-0.15, -0.1) is 0 Å². The van der Waals surface area contributed by atoms with Gasteiger partial charge < -0.3 is 14.3 Å². The minimum absolute atomic E-state index is 0.107. The van der Waals surface area contributed by atoms with Crippen LogP contribution in [-0.2, 0) is 11.5 Å². The maximum atomic E-state index is 12.3. The third-order valence-electron chi connectivity index (χ3n) is 4.54. The van der Waals surface area contributed by atoms with Crippen molar-refractivity contribution in [3.05, 3.63) is 34.0 Å². The first-order valence-electron chi connectivity index (χ1n) is 8.78. The third-order valence-corrected chi connectivity index (χ3v) is 6.24. The van der Waals surface area contributed by atoms with E-state index >= 15 is 0 Å². The quantitative estimate of drug-likeness (QED) is 0.636. The fourth-order valence-corrected chi connectivity index (χ4v) is 3.85. The van der Waals surface area contributed by atoms with Crippen LogP contribution in [0.3, 0.4) is 0 Å². The molecule has 6 heteroatoms. The molecule has 0 atom stereocenters. The molecule has 1 aliphatic carbocycles. The molecule has 1 saturated carbocycles. The van der Waals surface area contributed by atoms with Crippen molar-refractivity contribution in [3.8, 4) is 0 Å². The van der Waals surface area contributed by atoms with E-state index in [-0.39, 0.29) is 5.56 Å². The maximum Gasteiger partial charge on any atom is 0.275 e. The number of aromatic nitrogens is 3. The SMILES string of the molecule is C[Si](C)(C)CCOCn1c(C=C2CCCC2)cc2nc[nH]c(=O)c21. The molecule has 5 nitrogen and oxygen atoms in total. The van der Waals surface area contributed by atoms with E-state index in [9.17, 15) is 4.79 Å². The highest BCUT2D eigenvalue weighted by atomic mass is 28.3. The van der Waals surface area contributed by atoms with Crippen molar-refractivity contribution in [1.29, 1.82) is 0 Å². The summed E-state index contributed by atoms with van der Waals surface area (Å²) in [5.41, 5.74) is 3.72. The molecule has 2 aromatic heterocycles. The predicted octanol–water partition coefficient (Wildman–Crippen LogP) is 3.99. The van der Waals surface area contributed by atoms with Crippen LogP contribution in [0.15, 0.2) is 22.8 Å². The summed E-state index contributed by atoms with van der Waals surface area (Å²) in [6, 6.07) is 3.12. The third kappa shape index (κ3) is 4.05. The molecule has 1 aliphatic rings. The molecule has 0 amide bonds. The number of ether oxygens (including phenoxy) is 1. The van der Waals surface area contributed by atoms with Crippen molar-refractivity contribution >= 4 is 25.2 Å². The molecular formula is C18H27N3O2Si. The van der Waals surface area contributed by atoms with Gasteiger partial charge in [-0.05, 0) is 43.9 Å². The lowest BCUT2D eigenvalue weighted by Crippen LogP contribution is -2.22. The number of rotatable bonds is 6. The van der Waals surface area contributed by atoms with Crippen LogP contribution in [0.1, 0.15) is 31.4 Å². The molecule has 0 saturated heterocycles. The number of aromatic amines is 1. The first-order chi connectivity index (χ1) is 11.4. The normalized spacial score (nSPS) is 15.4. The van der Waals surface area contributed by atoms with Crippen molar-refractivity contribution in [2.24, 2.45) is 0 Å². The van der Waals surface area contributed by atoms with Crippen LogP contribution >= 0.6 is 0 Å². The summed E-state index contributed by atoms with van der Waals surface area (Å²) in [5, 5.41) is 0. The van der Waals surface area contributed by atoms with Gasteiger partial charge in [0.25, 0.3) is 5.56 Å². The highest BCUT2D eigenvalue weighted by Gasteiger charge is 2.15. The second-order valence-electron chi connectivity index (χ2n) is 7.82. The van der Waals surface area contributed by atoms with E-state index < -0.39 is 8.07 Å². The van der Waals surface area contributed by atoms with Crippen molar-refractivity contribution in [2.75, 3.05) is 6.61 Å². The number of allylic oxidation sites excluding steroid dienone is 1. The van der Waals surface area contributed by atoms with Gasteiger partial charge in [-0.2, -0.15) is 0 Å². The number of hydrogen-bond donors (Lipinski definition) is 1. The maximum absolute atomic E-state index is 12.3. The summed E-state index contributed by atoms with van der Waals surface area (Å²) in [6.07, 6.45) is 8.52. The van der Waals surface area contributed by atoms with E-state index in [1.165, 1.54) is 24.7 Å². The molecule has 0 spiro atoms. The van der Waals surface area contributed by atoms with E-state index in [1.54, 1.807) is 0 Å². The fraction of sp³-hybridized carbons (Fsp3) is 0.556. The summed E-state index contributed by atoms with van der Waals surface area (Å²) < 4.78 is 7.88. The van der Waals surface area contributed by atoms with Gasteiger partial charge in [0.2, 0.25) is 0 Å². The van der Waals surface area contributed by atoms with Crippen LogP contribution in [-0.4, -0.2) is 29.2 Å². The van der Waals surface area contributed by atoms with E-state index in [2.05, 4.69) is 35.7 Å². The van der Waals surface area contributed by atoms with Gasteiger partial charge >= 0.3 is 0 Å². The lowest BCUT2D eigenvalue weighted by atomic mass is 10.2. The average molecular weight is 346 g/mol. The number of hydrogen-bond acceptors (Lipinski definition) is 3.